The number of benzene rings is 1. The lowest BCUT2D eigenvalue weighted by Gasteiger charge is -2.08. The number of carbonyl (C=O) groups is 1. The third kappa shape index (κ3) is 4.38. The molecule has 0 aliphatic carbocycles. The van der Waals surface area contributed by atoms with E-state index >= 15 is 0 Å². The van der Waals surface area contributed by atoms with Crippen molar-refractivity contribution in [3.8, 4) is 0 Å². The molecule has 2 N–H and O–H groups in total. The van der Waals surface area contributed by atoms with Gasteiger partial charge in [-0.1, -0.05) is 13.0 Å². The molecule has 4 nitrogen and oxygen atoms in total. The molecule has 1 aromatic carbocycles. The Balaban J connectivity index is 1.96. The van der Waals surface area contributed by atoms with Crippen molar-refractivity contribution >= 4 is 11.6 Å². The lowest BCUT2D eigenvalue weighted by Crippen LogP contribution is -2.22. The first-order chi connectivity index (χ1) is 10.2. The summed E-state index contributed by atoms with van der Waals surface area (Å²) in [6, 6.07) is 9.71. The average molecular weight is 285 g/mol. The number of aryl methyl sites for hydroxylation is 1. The molecule has 1 amide bonds. The third-order valence-corrected chi connectivity index (χ3v) is 3.25. The molecule has 1 aromatic heterocycles. The van der Waals surface area contributed by atoms with Crippen molar-refractivity contribution in [2.75, 3.05) is 11.9 Å². The summed E-state index contributed by atoms with van der Waals surface area (Å²) in [7, 11) is 0. The number of nitrogens with one attached hydrogen (secondary N) is 2. The number of rotatable bonds is 7. The Morgan fingerprint density at radius 2 is 2.10 bits per heavy atom. The number of hydrogen-bond acceptors (Lipinski definition) is 2. The van der Waals surface area contributed by atoms with Crippen molar-refractivity contribution in [1.82, 2.24) is 9.88 Å². The molecule has 21 heavy (non-hydrogen) atoms. The molecule has 0 saturated carbocycles. The number of hydrogen-bond donors (Lipinski definition) is 2. The van der Waals surface area contributed by atoms with E-state index < -0.39 is 0 Å². The van der Waals surface area contributed by atoms with Gasteiger partial charge in [0, 0.05) is 43.3 Å². The molecule has 2 rings (SSSR count). The Morgan fingerprint density at radius 3 is 2.86 bits per heavy atom. The van der Waals surface area contributed by atoms with Crippen LogP contribution in [0.2, 0.25) is 0 Å². The minimum Gasteiger partial charge on any atom is -0.381 e. The second-order valence-corrected chi connectivity index (χ2v) is 5.05. The summed E-state index contributed by atoms with van der Waals surface area (Å²) >= 11 is 0. The smallest absolute Gasteiger partial charge is 0.251 e. The molecule has 0 spiro atoms. The van der Waals surface area contributed by atoms with Gasteiger partial charge >= 0.3 is 0 Å². The van der Waals surface area contributed by atoms with Crippen molar-refractivity contribution in [3.05, 3.63) is 53.9 Å². The number of aromatic nitrogens is 1. The molecule has 0 unspecified atom stereocenters. The Bertz CT molecular complexity index is 589. The van der Waals surface area contributed by atoms with Gasteiger partial charge in [0.2, 0.25) is 0 Å². The fourth-order valence-corrected chi connectivity index (χ4v) is 2.23. The quantitative estimate of drug-likeness (QED) is 0.820. The lowest BCUT2D eigenvalue weighted by molar-refractivity contribution is 0.0956. The van der Waals surface area contributed by atoms with Gasteiger partial charge in [-0.2, -0.15) is 0 Å². The van der Waals surface area contributed by atoms with E-state index in [-0.39, 0.29) is 5.91 Å². The highest BCUT2D eigenvalue weighted by atomic mass is 16.1. The Morgan fingerprint density at radius 1 is 1.24 bits per heavy atom. The standard InChI is InChI=1S/C17H23N3O/c1-3-9-20-10-8-14(13-20)12-19-16-7-5-6-15(11-16)17(21)18-4-2/h5-8,10-11,13,19H,3-4,9,12H2,1-2H3,(H,18,21). The van der Waals surface area contributed by atoms with E-state index in [0.717, 1.165) is 25.2 Å². The van der Waals surface area contributed by atoms with Crippen LogP contribution in [0.5, 0.6) is 0 Å². The van der Waals surface area contributed by atoms with Gasteiger partial charge in [-0.15, -0.1) is 0 Å². The Labute approximate surface area is 126 Å². The highest BCUT2D eigenvalue weighted by Gasteiger charge is 2.04. The molecule has 0 bridgehead atoms. The summed E-state index contributed by atoms with van der Waals surface area (Å²) in [5, 5.41) is 6.17. The van der Waals surface area contributed by atoms with Gasteiger partial charge in [0.15, 0.2) is 0 Å². The summed E-state index contributed by atoms with van der Waals surface area (Å²) in [5.41, 5.74) is 2.89. The largest absolute Gasteiger partial charge is 0.381 e. The maximum Gasteiger partial charge on any atom is 0.251 e. The summed E-state index contributed by atoms with van der Waals surface area (Å²) in [6.45, 7) is 6.54. The van der Waals surface area contributed by atoms with Gasteiger partial charge in [0.1, 0.15) is 0 Å². The summed E-state index contributed by atoms with van der Waals surface area (Å²) in [4.78, 5) is 11.8. The predicted molar refractivity (Wildman–Crippen MR) is 86.5 cm³/mol. The van der Waals surface area contributed by atoms with Gasteiger partial charge in [-0.25, -0.2) is 0 Å². The second-order valence-electron chi connectivity index (χ2n) is 5.05. The summed E-state index contributed by atoms with van der Waals surface area (Å²) in [6.07, 6.45) is 5.39. The van der Waals surface area contributed by atoms with E-state index in [2.05, 4.69) is 40.6 Å². The average Bonchev–Trinajstić information content (AvgIpc) is 2.94. The zero-order valence-corrected chi connectivity index (χ0v) is 12.7. The van der Waals surface area contributed by atoms with Crippen LogP contribution in [0, 0.1) is 0 Å². The number of carbonyl (C=O) groups excluding carboxylic acids is 1. The van der Waals surface area contributed by atoms with Crippen LogP contribution >= 0.6 is 0 Å². The van der Waals surface area contributed by atoms with Crippen LogP contribution in [-0.4, -0.2) is 17.0 Å². The highest BCUT2D eigenvalue weighted by Crippen LogP contribution is 2.12. The molecule has 112 valence electrons. The van der Waals surface area contributed by atoms with E-state index in [0.29, 0.717) is 12.1 Å². The van der Waals surface area contributed by atoms with Crippen LogP contribution in [-0.2, 0) is 13.1 Å². The number of anilines is 1. The molecule has 0 radical (unpaired) electrons. The minimum atomic E-state index is -0.0322. The highest BCUT2D eigenvalue weighted by molar-refractivity contribution is 5.95. The number of amides is 1. The van der Waals surface area contributed by atoms with Crippen molar-refractivity contribution in [3.63, 3.8) is 0 Å². The van der Waals surface area contributed by atoms with Gasteiger partial charge in [-0.05, 0) is 43.2 Å². The van der Waals surface area contributed by atoms with Gasteiger partial charge in [-0.3, -0.25) is 4.79 Å². The maximum absolute atomic E-state index is 11.8. The zero-order valence-electron chi connectivity index (χ0n) is 12.7. The van der Waals surface area contributed by atoms with E-state index in [4.69, 9.17) is 0 Å². The summed E-state index contributed by atoms with van der Waals surface area (Å²) in [5.74, 6) is -0.0322. The molecule has 0 fully saturated rings. The first kappa shape index (κ1) is 15.2. The monoisotopic (exact) mass is 285 g/mol. The molecule has 0 saturated heterocycles. The van der Waals surface area contributed by atoms with E-state index in [1.807, 2.05) is 31.2 Å². The van der Waals surface area contributed by atoms with Crippen LogP contribution in [0.3, 0.4) is 0 Å². The summed E-state index contributed by atoms with van der Waals surface area (Å²) < 4.78 is 2.20. The van der Waals surface area contributed by atoms with Crippen LogP contribution in [0.1, 0.15) is 36.2 Å². The van der Waals surface area contributed by atoms with Crippen molar-refractivity contribution in [2.24, 2.45) is 0 Å². The minimum absolute atomic E-state index is 0.0322. The normalized spacial score (nSPS) is 10.4. The molecular formula is C17H23N3O. The van der Waals surface area contributed by atoms with Crippen LogP contribution in [0.15, 0.2) is 42.7 Å². The molecular weight excluding hydrogens is 262 g/mol. The van der Waals surface area contributed by atoms with Gasteiger partial charge < -0.3 is 15.2 Å². The first-order valence-corrected chi connectivity index (χ1v) is 7.49. The van der Waals surface area contributed by atoms with Crippen molar-refractivity contribution in [1.29, 1.82) is 0 Å². The molecule has 0 aliphatic heterocycles. The van der Waals surface area contributed by atoms with Crippen molar-refractivity contribution in [2.45, 2.75) is 33.4 Å². The third-order valence-electron chi connectivity index (χ3n) is 3.25. The Hall–Kier alpha value is -2.23. The predicted octanol–water partition coefficient (Wildman–Crippen LogP) is 3.26. The van der Waals surface area contributed by atoms with E-state index in [1.165, 1.54) is 5.56 Å². The fraction of sp³-hybridized carbons (Fsp3) is 0.353. The fourth-order valence-electron chi connectivity index (χ4n) is 2.23. The molecule has 0 aliphatic rings. The first-order valence-electron chi connectivity index (χ1n) is 7.49. The zero-order chi connectivity index (χ0) is 15.1. The Kier molecular flexibility index (Phi) is 5.43. The van der Waals surface area contributed by atoms with Crippen LogP contribution in [0.4, 0.5) is 5.69 Å². The molecule has 1 heterocycles. The maximum atomic E-state index is 11.8. The van der Waals surface area contributed by atoms with E-state index in [1.54, 1.807) is 0 Å². The van der Waals surface area contributed by atoms with Crippen molar-refractivity contribution < 1.29 is 4.79 Å². The SMILES string of the molecule is CCCn1ccc(CNc2cccc(C(=O)NCC)c2)c1. The second kappa shape index (κ2) is 7.53. The number of nitrogens with zero attached hydrogens (tertiary/aromatic N) is 1. The molecule has 2 aromatic rings. The van der Waals surface area contributed by atoms with Crippen LogP contribution < -0.4 is 10.6 Å². The van der Waals surface area contributed by atoms with E-state index in [9.17, 15) is 4.79 Å². The van der Waals surface area contributed by atoms with Crippen LogP contribution in [0.25, 0.3) is 0 Å². The lowest BCUT2D eigenvalue weighted by atomic mass is 10.2. The molecule has 0 atom stereocenters. The topological polar surface area (TPSA) is 46.1 Å². The molecule has 4 heteroatoms. The van der Waals surface area contributed by atoms with Gasteiger partial charge in [0.05, 0.1) is 0 Å². The van der Waals surface area contributed by atoms with Gasteiger partial charge in [0.25, 0.3) is 5.91 Å².